The van der Waals surface area contributed by atoms with E-state index in [-0.39, 0.29) is 10.8 Å². The van der Waals surface area contributed by atoms with Gasteiger partial charge >= 0.3 is 0 Å². The highest BCUT2D eigenvalue weighted by atomic mass is 32.2. The highest BCUT2D eigenvalue weighted by molar-refractivity contribution is 7.89. The molecule has 1 N–H and O–H groups in total. The largest absolute Gasteiger partial charge is 0.344 e. The normalized spacial score (nSPS) is 15.2. The van der Waals surface area contributed by atoms with Crippen LogP contribution in [0.25, 0.3) is 11.4 Å². The van der Waals surface area contributed by atoms with E-state index in [9.17, 15) is 13.2 Å². The van der Waals surface area contributed by atoms with E-state index >= 15 is 0 Å². The summed E-state index contributed by atoms with van der Waals surface area (Å²) < 4.78 is 31.8. The van der Waals surface area contributed by atoms with Crippen LogP contribution < -0.4 is 10.2 Å². The molecule has 3 aromatic rings. The molecule has 1 fully saturated rings. The summed E-state index contributed by atoms with van der Waals surface area (Å²) in [7, 11) is -3.59. The Morgan fingerprint density at radius 3 is 2.30 bits per heavy atom. The van der Waals surface area contributed by atoms with Crippen molar-refractivity contribution in [2.45, 2.75) is 11.8 Å². The number of carbonyl (C=O) groups is 1. The maximum atomic E-state index is 12.9. The van der Waals surface area contributed by atoms with Gasteiger partial charge < -0.3 is 10.2 Å². The molecule has 1 aliphatic rings. The Morgan fingerprint density at radius 2 is 1.67 bits per heavy atom. The van der Waals surface area contributed by atoms with Crippen molar-refractivity contribution in [3.05, 3.63) is 54.6 Å². The van der Waals surface area contributed by atoms with Crippen LogP contribution >= 0.6 is 11.5 Å². The molecule has 0 bridgehead atoms. The number of nitrogens with one attached hydrogen (secondary N) is 1. The molecule has 0 spiro atoms. The molecule has 10 heteroatoms. The Hall–Kier alpha value is -2.82. The first kappa shape index (κ1) is 20.5. The first-order valence-electron chi connectivity index (χ1n) is 9.45. The van der Waals surface area contributed by atoms with Crippen molar-refractivity contribution >= 4 is 38.3 Å². The van der Waals surface area contributed by atoms with Crippen molar-refractivity contribution < 1.29 is 13.2 Å². The van der Waals surface area contributed by atoms with Crippen molar-refractivity contribution in [3.8, 4) is 11.4 Å². The van der Waals surface area contributed by atoms with Gasteiger partial charge in [-0.3, -0.25) is 4.79 Å². The third kappa shape index (κ3) is 4.35. The molecule has 4 rings (SSSR count). The van der Waals surface area contributed by atoms with Crippen LogP contribution in [0.3, 0.4) is 0 Å². The van der Waals surface area contributed by atoms with Crippen molar-refractivity contribution in [1.82, 2.24) is 13.7 Å². The summed E-state index contributed by atoms with van der Waals surface area (Å²) in [6.45, 7) is 3.25. The molecule has 0 aliphatic carbocycles. The number of amides is 1. The summed E-state index contributed by atoms with van der Waals surface area (Å²) in [5, 5.41) is 3.43. The van der Waals surface area contributed by atoms with E-state index in [0.29, 0.717) is 37.7 Å². The quantitative estimate of drug-likeness (QED) is 0.651. The fraction of sp³-hybridized carbons (Fsp3) is 0.250. The first-order valence-corrected chi connectivity index (χ1v) is 11.7. The minimum absolute atomic E-state index is 0.200. The number of nitrogens with zero attached hydrogens (tertiary/aromatic N) is 4. The molecule has 0 radical (unpaired) electrons. The monoisotopic (exact) mass is 443 g/mol. The summed E-state index contributed by atoms with van der Waals surface area (Å²) in [5.74, 6) is 0.485. The van der Waals surface area contributed by atoms with E-state index in [1.54, 1.807) is 12.1 Å². The van der Waals surface area contributed by atoms with Crippen LogP contribution in [0.1, 0.15) is 6.92 Å². The molecule has 1 amide bonds. The van der Waals surface area contributed by atoms with Gasteiger partial charge in [-0.25, -0.2) is 8.42 Å². The molecule has 1 aliphatic heterocycles. The van der Waals surface area contributed by atoms with Crippen LogP contribution in [0, 0.1) is 0 Å². The Morgan fingerprint density at radius 1 is 1.00 bits per heavy atom. The van der Waals surface area contributed by atoms with E-state index in [2.05, 4.69) is 19.6 Å². The molecule has 0 saturated carbocycles. The smallest absolute Gasteiger partial charge is 0.243 e. The Bertz CT molecular complexity index is 1120. The van der Waals surface area contributed by atoms with Crippen molar-refractivity contribution in [2.24, 2.45) is 0 Å². The van der Waals surface area contributed by atoms with E-state index in [1.807, 2.05) is 30.3 Å². The van der Waals surface area contributed by atoms with E-state index in [4.69, 9.17) is 0 Å². The Labute approximate surface area is 179 Å². The van der Waals surface area contributed by atoms with E-state index in [1.165, 1.54) is 34.9 Å². The second-order valence-corrected chi connectivity index (χ2v) is 9.53. The van der Waals surface area contributed by atoms with Crippen molar-refractivity contribution in [2.75, 3.05) is 36.4 Å². The fourth-order valence-corrected chi connectivity index (χ4v) is 5.39. The zero-order valence-electron chi connectivity index (χ0n) is 16.4. The first-order chi connectivity index (χ1) is 14.4. The lowest BCUT2D eigenvalue weighted by Crippen LogP contribution is -2.48. The van der Waals surface area contributed by atoms with Crippen molar-refractivity contribution in [3.63, 3.8) is 0 Å². The minimum Gasteiger partial charge on any atom is -0.344 e. The number of anilines is 2. The lowest BCUT2D eigenvalue weighted by molar-refractivity contribution is -0.114. The number of hydrogen-bond donors (Lipinski definition) is 1. The van der Waals surface area contributed by atoms with Gasteiger partial charge in [0.2, 0.25) is 21.1 Å². The molecule has 8 nitrogen and oxygen atoms in total. The van der Waals surface area contributed by atoms with Gasteiger partial charge in [0.25, 0.3) is 0 Å². The van der Waals surface area contributed by atoms with Gasteiger partial charge in [-0.05, 0) is 24.3 Å². The third-order valence-electron chi connectivity index (χ3n) is 4.77. The molecule has 2 heterocycles. The summed E-state index contributed by atoms with van der Waals surface area (Å²) in [5.41, 5.74) is 1.53. The molecule has 0 unspecified atom stereocenters. The van der Waals surface area contributed by atoms with E-state index < -0.39 is 10.0 Å². The van der Waals surface area contributed by atoms with Crippen LogP contribution in [-0.2, 0) is 14.8 Å². The third-order valence-corrected chi connectivity index (χ3v) is 7.46. The number of aromatic nitrogens is 2. The summed E-state index contributed by atoms with van der Waals surface area (Å²) in [4.78, 5) is 18.0. The number of piperazine rings is 1. The highest BCUT2D eigenvalue weighted by Gasteiger charge is 2.29. The Balaban J connectivity index is 1.41. The molecular weight excluding hydrogens is 422 g/mol. The predicted molar refractivity (Wildman–Crippen MR) is 117 cm³/mol. The van der Waals surface area contributed by atoms with Crippen molar-refractivity contribution in [1.29, 1.82) is 0 Å². The maximum absolute atomic E-state index is 12.9. The molecule has 156 valence electrons. The Kier molecular flexibility index (Phi) is 5.80. The summed E-state index contributed by atoms with van der Waals surface area (Å²) in [6, 6.07) is 16.0. The number of sulfonamides is 1. The molecule has 1 saturated heterocycles. The molecule has 0 atom stereocenters. The lowest BCUT2D eigenvalue weighted by atomic mass is 10.2. The number of hydrogen-bond acceptors (Lipinski definition) is 7. The van der Waals surface area contributed by atoms with Gasteiger partial charge in [0.1, 0.15) is 0 Å². The van der Waals surface area contributed by atoms with E-state index in [0.717, 1.165) is 10.7 Å². The maximum Gasteiger partial charge on any atom is 0.243 e. The lowest BCUT2D eigenvalue weighted by Gasteiger charge is -2.33. The van der Waals surface area contributed by atoms with Gasteiger partial charge in [-0.2, -0.15) is 13.7 Å². The predicted octanol–water partition coefficient (Wildman–Crippen LogP) is 2.67. The average Bonchev–Trinajstić information content (AvgIpc) is 3.25. The zero-order chi connectivity index (χ0) is 21.1. The average molecular weight is 444 g/mol. The fourth-order valence-electron chi connectivity index (χ4n) is 3.23. The van der Waals surface area contributed by atoms with Crippen LogP contribution in [-0.4, -0.2) is 54.2 Å². The molecule has 2 aromatic carbocycles. The topological polar surface area (TPSA) is 95.5 Å². The number of benzene rings is 2. The SMILES string of the molecule is CC(=O)Nc1ccc(S(=O)(=O)N2CCN(c3nc(-c4ccccc4)ns3)CC2)cc1. The van der Waals surface area contributed by atoms with Gasteiger partial charge in [0.05, 0.1) is 4.90 Å². The second-order valence-electron chi connectivity index (χ2n) is 6.86. The summed E-state index contributed by atoms with van der Waals surface area (Å²) in [6.07, 6.45) is 0. The minimum atomic E-state index is -3.59. The second kappa shape index (κ2) is 8.50. The highest BCUT2D eigenvalue weighted by Crippen LogP contribution is 2.26. The molecule has 1 aromatic heterocycles. The number of carbonyl (C=O) groups excluding carboxylic acids is 1. The number of rotatable bonds is 5. The standard InChI is InChI=1S/C20H21N5O3S2/c1-15(26)21-17-7-9-18(10-8-17)30(27,28)25-13-11-24(12-14-25)20-22-19(23-29-20)16-5-3-2-4-6-16/h2-10H,11-14H2,1H3,(H,21,26). The van der Waals surface area contributed by atoms with Crippen LogP contribution in [0.5, 0.6) is 0 Å². The molecular formula is C20H21N5O3S2. The van der Waals surface area contributed by atoms with Crippen LogP contribution in [0.2, 0.25) is 0 Å². The molecule has 30 heavy (non-hydrogen) atoms. The van der Waals surface area contributed by atoms with Crippen LogP contribution in [0.4, 0.5) is 10.8 Å². The van der Waals surface area contributed by atoms with Gasteiger partial charge in [-0.1, -0.05) is 30.3 Å². The van der Waals surface area contributed by atoms with Gasteiger partial charge in [0.15, 0.2) is 5.82 Å². The zero-order valence-corrected chi connectivity index (χ0v) is 18.0. The summed E-state index contributed by atoms with van der Waals surface area (Å²) >= 11 is 1.32. The van der Waals surface area contributed by atoms with Crippen LogP contribution in [0.15, 0.2) is 59.5 Å². The van der Waals surface area contributed by atoms with Gasteiger partial charge in [-0.15, -0.1) is 0 Å². The van der Waals surface area contributed by atoms with Gasteiger partial charge in [0, 0.05) is 55.9 Å².